The third-order valence-corrected chi connectivity index (χ3v) is 0. The zero-order valence-electron chi connectivity index (χ0n) is 5.35. The van der Waals surface area contributed by atoms with Gasteiger partial charge in [0.05, 0.1) is 5.34 Å². The van der Waals surface area contributed by atoms with E-state index in [-0.39, 0.29) is 420 Å². The first-order valence-corrected chi connectivity index (χ1v) is 1.60. The first kappa shape index (κ1) is 79.2. The second-order valence-corrected chi connectivity index (χ2v) is 0.909. The van der Waals surface area contributed by atoms with Crippen LogP contribution in [0.2, 0.25) is 0 Å². The molecule has 0 nitrogen and oxygen atoms in total. The van der Waals surface area contributed by atoms with Crippen LogP contribution in [0.1, 0.15) is 0 Å². The van der Waals surface area contributed by atoms with Crippen molar-refractivity contribution in [2.45, 2.75) is 0 Å². The molecule has 0 unspecified atom stereocenters. The Morgan fingerprint density at radius 2 is 0.357 bits per heavy atom. The fourth-order valence-electron chi connectivity index (χ4n) is 0. The average molecular weight is 524 g/mol. The van der Waals surface area contributed by atoms with Crippen molar-refractivity contribution in [3.8, 4) is 0 Å². The van der Waals surface area contributed by atoms with Crippen molar-refractivity contribution in [1.29, 1.82) is 0 Å². The second-order valence-electron chi connectivity index (χ2n) is 0.101. The summed E-state index contributed by atoms with van der Waals surface area (Å²) in [6, 6.07) is 0. The molecule has 14 heavy (non-hydrogen) atoms. The molecule has 0 radical (unpaired) electrons. The molecule has 13 heteroatoms. The molecule has 0 N–H and O–H groups in total. The molecule has 0 heterocycles. The summed E-state index contributed by atoms with van der Waals surface area (Å²) in [7, 11) is 0. The van der Waals surface area contributed by atoms with E-state index in [1.54, 1.807) is 0 Å². The zero-order chi connectivity index (χ0) is 2.71. The van der Waals surface area contributed by atoms with Crippen molar-refractivity contribution in [1.82, 2.24) is 0 Å². The van der Waals surface area contributed by atoms with Crippen LogP contribution < -0.4 is 0 Å². The smallest absolute Gasteiger partial charge is 0.0967 e. The van der Waals surface area contributed by atoms with Crippen molar-refractivity contribution in [3.63, 3.8) is 0 Å². The van der Waals surface area contributed by atoms with Crippen LogP contribution in [-0.4, -0.2) is 5.34 Å². The van der Waals surface area contributed by atoms with Gasteiger partial charge in [-0.15, -0.1) is 23.2 Å². The van der Waals surface area contributed by atoms with Crippen molar-refractivity contribution < 1.29 is 415 Å². The van der Waals surface area contributed by atoms with E-state index in [2.05, 4.69) is 0 Å². The summed E-state index contributed by atoms with van der Waals surface area (Å²) in [5.74, 6) is 0. The minimum atomic E-state index is 0. The molecule has 0 rings (SSSR count). The molecule has 108 valence electrons. The van der Waals surface area contributed by atoms with Gasteiger partial charge in [-0.3, -0.25) is 0 Å². The number of halogens is 2. The Balaban J connectivity index is -0.000000000364. The molecule has 0 amide bonds. The Morgan fingerprint density at radius 1 is 0.357 bits per heavy atom. The zero-order valence-corrected chi connectivity index (χ0v) is 14.6. The minimum Gasteiger partial charge on any atom is -0.109 e. The predicted octanol–water partition coefficient (Wildman–Crippen LogP) is 1.42. The normalized spacial score (nSPS) is 1.29. The quantitative estimate of drug-likeness (QED) is 0.421. The largest absolute Gasteiger partial charge is 0.109 e. The van der Waals surface area contributed by atoms with E-state index < -0.39 is 0 Å². The third kappa shape index (κ3) is 82.1. The van der Waals surface area contributed by atoms with Gasteiger partial charge in [0.1, 0.15) is 0 Å². The maximum atomic E-state index is 4.76. The molecule has 0 spiro atoms. The summed E-state index contributed by atoms with van der Waals surface area (Å²) in [5.41, 5.74) is 0. The van der Waals surface area contributed by atoms with Crippen molar-refractivity contribution in [3.05, 3.63) is 0 Å². The fraction of sp³-hybridized carbons (Fsp3) is 1.00. The molecule has 0 bridgehead atoms. The van der Waals surface area contributed by atoms with Crippen LogP contribution >= 0.6 is 23.2 Å². The summed E-state index contributed by atoms with van der Waals surface area (Å²) in [5, 5.41) is 0.194. The minimum absolute atomic E-state index is 0. The van der Waals surface area contributed by atoms with Gasteiger partial charge in [-0.25, -0.2) is 0 Å². The number of alkyl halides is 2. The molecule has 0 saturated carbocycles. The van der Waals surface area contributed by atoms with Crippen LogP contribution in [0, 0.1) is 415 Å². The van der Waals surface area contributed by atoms with E-state index in [1.165, 1.54) is 0 Å². The van der Waals surface area contributed by atoms with Gasteiger partial charge in [0, 0.05) is 415 Å². The summed E-state index contributed by atoms with van der Waals surface area (Å²) >= 11 is 9.53. The molecule has 0 aromatic heterocycles. The Morgan fingerprint density at radius 3 is 0.357 bits per heavy atom. The Labute approximate surface area is 427 Å². The molecule has 0 atom stereocenters. The Kier molecular flexibility index (Phi) is 455. The van der Waals surface area contributed by atoms with Crippen molar-refractivity contribution in [2.24, 2.45) is 0 Å². The first-order valence-electron chi connectivity index (χ1n) is 0.535. The Bertz CT molecular complexity index is 13.2. The standard InChI is InChI=1S/CH2Cl2.11Ar/c2-1-3;;;;;;;;;;;/h1H2;;;;;;;;;;;. The van der Waals surface area contributed by atoms with Gasteiger partial charge in [-0.1, -0.05) is 0 Å². The van der Waals surface area contributed by atoms with E-state index in [9.17, 15) is 0 Å². The molecular formula is CH2Ar11Cl2. The number of hydrogen-bond acceptors (Lipinski definition) is 0. The molecule has 0 aliphatic heterocycles. The maximum Gasteiger partial charge on any atom is 0.0967 e. The van der Waals surface area contributed by atoms with E-state index in [1.807, 2.05) is 0 Å². The molecule has 0 aromatic carbocycles. The van der Waals surface area contributed by atoms with Gasteiger partial charge >= 0.3 is 0 Å². The van der Waals surface area contributed by atoms with Gasteiger partial charge in [-0.2, -0.15) is 0 Å². The predicted molar refractivity (Wildman–Crippen MR) is 16.6 cm³/mol. The van der Waals surface area contributed by atoms with E-state index in [4.69, 9.17) is 23.2 Å². The number of rotatable bonds is 0. The first-order chi connectivity index (χ1) is 1.41. The topological polar surface area (TPSA) is 0 Å². The number of hydrogen-bond donors (Lipinski definition) is 0. The summed E-state index contributed by atoms with van der Waals surface area (Å²) in [6.45, 7) is 0. The summed E-state index contributed by atoms with van der Waals surface area (Å²) in [4.78, 5) is 0. The van der Waals surface area contributed by atoms with Crippen LogP contribution in [0.15, 0.2) is 0 Å². The maximum absolute atomic E-state index is 4.76. The van der Waals surface area contributed by atoms with Gasteiger partial charge in [0.25, 0.3) is 0 Å². The summed E-state index contributed by atoms with van der Waals surface area (Å²) < 4.78 is 0. The monoisotopic (exact) mass is 524 g/mol. The van der Waals surface area contributed by atoms with Gasteiger partial charge in [-0.05, 0) is 0 Å². The van der Waals surface area contributed by atoms with E-state index in [0.29, 0.717) is 0 Å². The van der Waals surface area contributed by atoms with E-state index >= 15 is 0 Å². The van der Waals surface area contributed by atoms with E-state index in [0.717, 1.165) is 0 Å². The van der Waals surface area contributed by atoms with Gasteiger partial charge in [0.15, 0.2) is 0 Å². The van der Waals surface area contributed by atoms with Crippen molar-refractivity contribution >= 4 is 23.2 Å². The fourth-order valence-corrected chi connectivity index (χ4v) is 0. The third-order valence-electron chi connectivity index (χ3n) is 0. The molecular weight excluding hydrogens is 522 g/mol. The van der Waals surface area contributed by atoms with Crippen LogP contribution in [0.3, 0.4) is 0 Å². The molecule has 0 aliphatic rings. The summed E-state index contributed by atoms with van der Waals surface area (Å²) in [6.07, 6.45) is 0. The van der Waals surface area contributed by atoms with Crippen LogP contribution in [0.4, 0.5) is 0 Å². The van der Waals surface area contributed by atoms with Gasteiger partial charge < -0.3 is 0 Å². The Hall–Kier alpha value is 14.4. The molecule has 0 aromatic rings. The molecule has 0 saturated heterocycles. The second kappa shape index (κ2) is 80.5. The van der Waals surface area contributed by atoms with Crippen LogP contribution in [-0.2, 0) is 0 Å². The average Bonchev–Trinajstić information content (AvgIpc) is 0.918. The van der Waals surface area contributed by atoms with Crippen LogP contribution in [0.25, 0.3) is 0 Å². The molecule has 0 aliphatic carbocycles. The van der Waals surface area contributed by atoms with Crippen LogP contribution in [0.5, 0.6) is 0 Å². The van der Waals surface area contributed by atoms with Gasteiger partial charge in [0.2, 0.25) is 0 Å². The van der Waals surface area contributed by atoms with Crippen molar-refractivity contribution in [2.75, 3.05) is 5.34 Å². The SMILES string of the molecule is ClCCl.[Ar].[Ar].[Ar].[Ar].[Ar].[Ar].[Ar].[Ar].[Ar].[Ar].[Ar]. The molecule has 0 fully saturated rings.